The molecule has 0 aromatic carbocycles. The summed E-state index contributed by atoms with van der Waals surface area (Å²) in [7, 11) is 0. The summed E-state index contributed by atoms with van der Waals surface area (Å²) < 4.78 is 0. The van der Waals surface area contributed by atoms with Gasteiger partial charge in [-0.15, -0.1) is 0 Å². The van der Waals surface area contributed by atoms with Crippen molar-refractivity contribution in [2.45, 2.75) is 26.7 Å². The Bertz CT molecular complexity index is 160. The molecule has 2 heteroatoms. The van der Waals surface area contributed by atoms with Crippen molar-refractivity contribution < 1.29 is 0 Å². The maximum absolute atomic E-state index is 3.85. The first-order chi connectivity index (χ1) is 5.88. The maximum atomic E-state index is 3.85. The fourth-order valence-electron chi connectivity index (χ4n) is 1.07. The number of allylic oxidation sites excluding steroid dienone is 2. The van der Waals surface area contributed by atoms with E-state index in [0.29, 0.717) is 0 Å². The minimum absolute atomic E-state index is 0.904. The zero-order valence-electron chi connectivity index (χ0n) is 8.06. The van der Waals surface area contributed by atoms with Gasteiger partial charge in [0, 0.05) is 6.54 Å². The van der Waals surface area contributed by atoms with Gasteiger partial charge in [0.1, 0.15) is 5.82 Å². The van der Waals surface area contributed by atoms with E-state index in [2.05, 4.69) is 23.6 Å². The Labute approximate surface area is 75.1 Å². The number of hydrogen-bond donors (Lipinski definition) is 1. The molecule has 0 aromatic rings. The van der Waals surface area contributed by atoms with Crippen LogP contribution >= 0.6 is 0 Å². The summed E-state index contributed by atoms with van der Waals surface area (Å²) in [5.41, 5.74) is 1.18. The Morgan fingerprint density at radius 1 is 1.50 bits per heavy atom. The van der Waals surface area contributed by atoms with Gasteiger partial charge in [-0.05, 0) is 25.1 Å². The van der Waals surface area contributed by atoms with Crippen LogP contribution in [0.3, 0.4) is 0 Å². The van der Waals surface area contributed by atoms with Crippen molar-refractivity contribution >= 4 is 6.72 Å². The Balaban J connectivity index is 0.000000561. The highest BCUT2D eigenvalue weighted by Gasteiger charge is 2.06. The average molecular weight is 166 g/mol. The zero-order chi connectivity index (χ0) is 9.40. The number of hydrogen-bond acceptors (Lipinski definition) is 2. The van der Waals surface area contributed by atoms with E-state index in [1.54, 1.807) is 0 Å². The molecule has 0 aliphatic carbocycles. The van der Waals surface area contributed by atoms with Gasteiger partial charge in [0.2, 0.25) is 0 Å². The first kappa shape index (κ1) is 11.0. The first-order valence-electron chi connectivity index (χ1n) is 4.44. The molecule has 2 nitrogen and oxygen atoms in total. The van der Waals surface area contributed by atoms with Crippen LogP contribution in [0.1, 0.15) is 26.7 Å². The van der Waals surface area contributed by atoms with Crippen LogP contribution in [0.15, 0.2) is 29.0 Å². The fourth-order valence-corrected chi connectivity index (χ4v) is 1.07. The van der Waals surface area contributed by atoms with Crippen LogP contribution in [-0.2, 0) is 0 Å². The summed E-state index contributed by atoms with van der Waals surface area (Å²) in [4.78, 5) is 3.85. The average Bonchev–Trinajstić information content (AvgIpc) is 2.20. The molecule has 0 saturated carbocycles. The van der Waals surface area contributed by atoms with Crippen LogP contribution in [0.5, 0.6) is 0 Å². The molecule has 1 N–H and O–H groups in total. The Morgan fingerprint density at radius 3 is 2.58 bits per heavy atom. The van der Waals surface area contributed by atoms with Crippen molar-refractivity contribution in [3.05, 3.63) is 24.0 Å². The van der Waals surface area contributed by atoms with Crippen LogP contribution in [0.2, 0.25) is 0 Å². The predicted octanol–water partition coefficient (Wildman–Crippen LogP) is 2.49. The number of aliphatic imine (C=N–C) groups is 1. The molecule has 1 aliphatic heterocycles. The molecule has 0 amide bonds. The van der Waals surface area contributed by atoms with E-state index in [0.717, 1.165) is 18.8 Å². The van der Waals surface area contributed by atoms with Crippen LogP contribution in [0, 0.1) is 0 Å². The van der Waals surface area contributed by atoms with E-state index in [1.807, 2.05) is 19.9 Å². The van der Waals surface area contributed by atoms with Crippen molar-refractivity contribution in [3.63, 3.8) is 0 Å². The summed E-state index contributed by atoms with van der Waals surface area (Å²) in [6.07, 6.45) is 4.08. The third-order valence-corrected chi connectivity index (χ3v) is 1.62. The molecule has 0 bridgehead atoms. The molecule has 0 radical (unpaired) electrons. The van der Waals surface area contributed by atoms with E-state index >= 15 is 0 Å². The van der Waals surface area contributed by atoms with Gasteiger partial charge < -0.3 is 5.32 Å². The molecule has 1 aliphatic rings. The second kappa shape index (κ2) is 6.65. The van der Waals surface area contributed by atoms with E-state index < -0.39 is 0 Å². The molecule has 0 aromatic heterocycles. The van der Waals surface area contributed by atoms with Gasteiger partial charge in [-0.3, -0.25) is 0 Å². The quantitative estimate of drug-likeness (QED) is 0.626. The highest BCUT2D eigenvalue weighted by atomic mass is 15.0. The van der Waals surface area contributed by atoms with Gasteiger partial charge in [-0.2, -0.15) is 0 Å². The third-order valence-electron chi connectivity index (χ3n) is 1.62. The van der Waals surface area contributed by atoms with Gasteiger partial charge in [0.05, 0.1) is 0 Å². The number of nitrogens with zero attached hydrogens (tertiary/aromatic N) is 1. The molecule has 12 heavy (non-hydrogen) atoms. The normalized spacial score (nSPS) is 15.5. The van der Waals surface area contributed by atoms with Crippen molar-refractivity contribution in [2.75, 3.05) is 6.54 Å². The first-order valence-corrected chi connectivity index (χ1v) is 4.44. The Kier molecular flexibility index (Phi) is 6.07. The SMILES string of the molecule is C=CC1=C(N=C)NCCC1.CC. The van der Waals surface area contributed by atoms with Crippen LogP contribution in [-0.4, -0.2) is 13.3 Å². The molecule has 1 heterocycles. The molecule has 1 rings (SSSR count). The van der Waals surface area contributed by atoms with Crippen molar-refractivity contribution in [2.24, 2.45) is 4.99 Å². The van der Waals surface area contributed by atoms with Crippen LogP contribution in [0.25, 0.3) is 0 Å². The molecule has 0 spiro atoms. The van der Waals surface area contributed by atoms with Crippen molar-refractivity contribution in [1.29, 1.82) is 0 Å². The largest absolute Gasteiger partial charge is 0.370 e. The van der Waals surface area contributed by atoms with Crippen molar-refractivity contribution in [3.8, 4) is 0 Å². The van der Waals surface area contributed by atoms with Gasteiger partial charge in [0.25, 0.3) is 0 Å². The highest BCUT2D eigenvalue weighted by molar-refractivity contribution is 5.33. The minimum Gasteiger partial charge on any atom is -0.370 e. The molecule has 0 unspecified atom stereocenters. The summed E-state index contributed by atoms with van der Waals surface area (Å²) in [5.74, 6) is 0.904. The summed E-state index contributed by atoms with van der Waals surface area (Å²) in [6.45, 7) is 12.2. The second-order valence-electron chi connectivity index (χ2n) is 2.27. The number of nitrogens with one attached hydrogen (secondary N) is 1. The van der Waals surface area contributed by atoms with Crippen molar-refractivity contribution in [1.82, 2.24) is 5.32 Å². The number of rotatable bonds is 2. The highest BCUT2D eigenvalue weighted by Crippen LogP contribution is 2.14. The molecule has 68 valence electrons. The topological polar surface area (TPSA) is 24.4 Å². The van der Waals surface area contributed by atoms with E-state index in [1.165, 1.54) is 12.0 Å². The lowest BCUT2D eigenvalue weighted by molar-refractivity contribution is 0.666. The molecule has 0 atom stereocenters. The van der Waals surface area contributed by atoms with E-state index in [4.69, 9.17) is 0 Å². The summed E-state index contributed by atoms with van der Waals surface area (Å²) in [6, 6.07) is 0. The van der Waals surface area contributed by atoms with Gasteiger partial charge in [-0.25, -0.2) is 4.99 Å². The lowest BCUT2D eigenvalue weighted by Gasteiger charge is -2.15. The molecule has 0 saturated heterocycles. The van der Waals surface area contributed by atoms with Gasteiger partial charge in [0.15, 0.2) is 0 Å². The predicted molar refractivity (Wildman–Crippen MR) is 55.4 cm³/mol. The second-order valence-corrected chi connectivity index (χ2v) is 2.27. The van der Waals surface area contributed by atoms with Gasteiger partial charge >= 0.3 is 0 Å². The summed E-state index contributed by atoms with van der Waals surface area (Å²) >= 11 is 0. The molecular formula is C10H18N2. The standard InChI is InChI=1S/C8H12N2.C2H6/c1-3-7-5-4-6-10-8(7)9-2;1-2/h3,10H,1-2,4-6H2;1-2H3. The monoisotopic (exact) mass is 166 g/mol. The lowest BCUT2D eigenvalue weighted by atomic mass is 10.1. The summed E-state index contributed by atoms with van der Waals surface area (Å²) in [5, 5.41) is 3.15. The Morgan fingerprint density at radius 2 is 2.17 bits per heavy atom. The van der Waals surface area contributed by atoms with Crippen LogP contribution in [0.4, 0.5) is 0 Å². The lowest BCUT2D eigenvalue weighted by Crippen LogP contribution is -2.19. The fraction of sp³-hybridized carbons (Fsp3) is 0.500. The minimum atomic E-state index is 0.904. The Hall–Kier alpha value is -1.05. The van der Waals surface area contributed by atoms with E-state index in [9.17, 15) is 0 Å². The van der Waals surface area contributed by atoms with E-state index in [-0.39, 0.29) is 0 Å². The third kappa shape index (κ3) is 2.91. The van der Waals surface area contributed by atoms with Crippen LogP contribution < -0.4 is 5.32 Å². The zero-order valence-corrected chi connectivity index (χ0v) is 8.06. The molecular weight excluding hydrogens is 148 g/mol. The molecule has 0 fully saturated rings. The maximum Gasteiger partial charge on any atom is 0.128 e. The smallest absolute Gasteiger partial charge is 0.128 e. The van der Waals surface area contributed by atoms with Gasteiger partial charge in [-0.1, -0.05) is 26.5 Å².